The Hall–Kier alpha value is -3.98. The van der Waals surface area contributed by atoms with Crippen molar-refractivity contribution >= 4 is 39.9 Å². The number of amides is 1. The van der Waals surface area contributed by atoms with Gasteiger partial charge in [-0.1, -0.05) is 81.9 Å². The van der Waals surface area contributed by atoms with E-state index in [-0.39, 0.29) is 26.8 Å². The van der Waals surface area contributed by atoms with Gasteiger partial charge in [0.2, 0.25) is 0 Å². The van der Waals surface area contributed by atoms with Crippen molar-refractivity contribution in [1.82, 2.24) is 4.98 Å². The summed E-state index contributed by atoms with van der Waals surface area (Å²) in [6.45, 7) is 10.5. The molecule has 0 saturated carbocycles. The van der Waals surface area contributed by atoms with Crippen LogP contribution in [0.5, 0.6) is 5.75 Å². The lowest BCUT2D eigenvalue weighted by atomic mass is 9.85. The number of esters is 1. The maximum atomic E-state index is 13.5. The van der Waals surface area contributed by atoms with E-state index in [0.29, 0.717) is 29.2 Å². The Morgan fingerprint density at radius 2 is 1.82 bits per heavy atom. The molecule has 1 aliphatic rings. The lowest BCUT2D eigenvalue weighted by Gasteiger charge is -2.25. The van der Waals surface area contributed by atoms with Crippen LogP contribution in [0.3, 0.4) is 0 Å². The van der Waals surface area contributed by atoms with Crippen LogP contribution in [-0.2, 0) is 19.7 Å². The zero-order chi connectivity index (χ0) is 29.2. The van der Waals surface area contributed by atoms with Crippen LogP contribution in [-0.4, -0.2) is 41.5 Å². The Balaban J connectivity index is 1.88. The molecule has 0 spiro atoms. The van der Waals surface area contributed by atoms with Gasteiger partial charge in [0.25, 0.3) is 5.78 Å². The highest BCUT2D eigenvalue weighted by molar-refractivity contribution is 7.17. The van der Waals surface area contributed by atoms with Crippen LogP contribution in [0.25, 0.3) is 5.76 Å². The van der Waals surface area contributed by atoms with Crippen molar-refractivity contribution < 1.29 is 29.0 Å². The van der Waals surface area contributed by atoms with Gasteiger partial charge in [0, 0.05) is 5.56 Å². The Morgan fingerprint density at radius 3 is 2.45 bits per heavy atom. The molecule has 4 rings (SSSR count). The third kappa shape index (κ3) is 5.65. The maximum Gasteiger partial charge on any atom is 0.350 e. The fourth-order valence-electron chi connectivity index (χ4n) is 4.50. The first-order chi connectivity index (χ1) is 19.0. The second-order valence-electron chi connectivity index (χ2n) is 10.7. The molecule has 1 aromatic heterocycles. The normalized spacial score (nSPS) is 16.9. The molecule has 9 heteroatoms. The largest absolute Gasteiger partial charge is 0.507 e. The van der Waals surface area contributed by atoms with Crippen molar-refractivity contribution in [3.8, 4) is 5.75 Å². The maximum absolute atomic E-state index is 13.5. The number of carbonyl (C=O) groups is 3. The zero-order valence-electron chi connectivity index (χ0n) is 23.6. The summed E-state index contributed by atoms with van der Waals surface area (Å²) in [5.41, 5.74) is 2.26. The number of ketones is 1. The number of unbranched alkanes of at least 4 members (excludes halogenated alkanes) is 1. The monoisotopic (exact) mass is 562 g/mol. The molecule has 1 atom stereocenters. The fourth-order valence-corrected chi connectivity index (χ4v) is 5.51. The number of hydrogen-bond donors (Lipinski definition) is 1. The summed E-state index contributed by atoms with van der Waals surface area (Å²) in [5, 5.41) is 11.7. The van der Waals surface area contributed by atoms with Crippen molar-refractivity contribution in [2.45, 2.75) is 58.9 Å². The Morgan fingerprint density at radius 1 is 1.12 bits per heavy atom. The predicted molar refractivity (Wildman–Crippen MR) is 155 cm³/mol. The lowest BCUT2D eigenvalue weighted by Crippen LogP contribution is -2.29. The molecular weight excluding hydrogens is 528 g/mol. The van der Waals surface area contributed by atoms with Crippen LogP contribution in [0.4, 0.5) is 5.13 Å². The number of aryl methyl sites for hydroxylation is 1. The molecule has 3 aromatic rings. The molecule has 1 aliphatic heterocycles. The topological polar surface area (TPSA) is 106 Å². The van der Waals surface area contributed by atoms with Gasteiger partial charge in [0.15, 0.2) is 5.13 Å². The number of aliphatic hydroxyl groups is 1. The summed E-state index contributed by atoms with van der Waals surface area (Å²) in [7, 11) is 1.27. The molecule has 2 aromatic carbocycles. The minimum Gasteiger partial charge on any atom is -0.507 e. The van der Waals surface area contributed by atoms with Crippen molar-refractivity contribution in [2.24, 2.45) is 0 Å². The van der Waals surface area contributed by atoms with Crippen LogP contribution in [0.15, 0.2) is 54.1 Å². The van der Waals surface area contributed by atoms with Gasteiger partial charge in [-0.25, -0.2) is 9.78 Å². The first-order valence-electron chi connectivity index (χ1n) is 13.2. The van der Waals surface area contributed by atoms with E-state index in [0.717, 1.165) is 29.7 Å². The average Bonchev–Trinajstić information content (AvgIpc) is 3.44. The van der Waals surface area contributed by atoms with Crippen LogP contribution in [0.2, 0.25) is 0 Å². The van der Waals surface area contributed by atoms with Crippen LogP contribution >= 0.6 is 11.3 Å². The van der Waals surface area contributed by atoms with Crippen LogP contribution in [0.1, 0.15) is 78.6 Å². The molecular formula is C31H34N2O6S. The molecule has 1 fully saturated rings. The number of aromatic nitrogens is 1. The van der Waals surface area contributed by atoms with E-state index in [1.807, 2.05) is 24.3 Å². The highest BCUT2D eigenvalue weighted by atomic mass is 32.1. The number of nitrogens with zero attached hydrogens (tertiary/aromatic N) is 2. The van der Waals surface area contributed by atoms with E-state index in [1.165, 1.54) is 12.0 Å². The van der Waals surface area contributed by atoms with Gasteiger partial charge >= 0.3 is 11.9 Å². The third-order valence-electron chi connectivity index (χ3n) is 6.77. The molecule has 0 aliphatic carbocycles. The van der Waals surface area contributed by atoms with Crippen LogP contribution < -0.4 is 9.64 Å². The molecule has 1 N–H and O–H groups in total. The standard InChI is InChI=1S/C31H34N2O6S/c1-7-8-16-39-22-11-9-10-20(17-22)25(34)23-24(19-12-14-21(15-13-19)31(3,4)5)33(28(36)26(23)35)30-32-18(2)27(40-30)29(37)38-6/h9-15,17,24,34H,7-8,16H2,1-6H3/b25-23+. The molecule has 1 amide bonds. The molecule has 2 heterocycles. The van der Waals surface area contributed by atoms with Crippen molar-refractivity contribution in [3.63, 3.8) is 0 Å². The minimum atomic E-state index is -0.963. The number of benzene rings is 2. The molecule has 0 radical (unpaired) electrons. The quantitative estimate of drug-likeness (QED) is 0.112. The SMILES string of the molecule is CCCCOc1cccc(/C(O)=C2\C(=O)C(=O)N(c3nc(C)c(C(=O)OC)s3)C2c2ccc(C(C)(C)C)cc2)c1. The summed E-state index contributed by atoms with van der Waals surface area (Å²) in [5.74, 6) is -2.02. The van der Waals surface area contributed by atoms with Gasteiger partial charge < -0.3 is 14.6 Å². The van der Waals surface area contributed by atoms with E-state index >= 15 is 0 Å². The Kier molecular flexibility index (Phi) is 8.44. The van der Waals surface area contributed by atoms with Crippen molar-refractivity contribution in [3.05, 3.63) is 81.4 Å². The highest BCUT2D eigenvalue weighted by Gasteiger charge is 2.48. The third-order valence-corrected chi connectivity index (χ3v) is 7.91. The smallest absolute Gasteiger partial charge is 0.350 e. The first kappa shape index (κ1) is 29.0. The number of anilines is 1. The first-order valence-corrected chi connectivity index (χ1v) is 14.0. The van der Waals surface area contributed by atoms with Crippen molar-refractivity contribution in [2.75, 3.05) is 18.6 Å². The minimum absolute atomic E-state index is 0.0633. The summed E-state index contributed by atoms with van der Waals surface area (Å²) in [4.78, 5) is 45.3. The molecule has 1 saturated heterocycles. The number of hydrogen-bond acceptors (Lipinski definition) is 8. The van der Waals surface area contributed by atoms with E-state index in [9.17, 15) is 19.5 Å². The second kappa shape index (κ2) is 11.6. The number of thiazole rings is 1. The van der Waals surface area contributed by atoms with Crippen molar-refractivity contribution in [1.29, 1.82) is 0 Å². The molecule has 0 bridgehead atoms. The van der Waals surface area contributed by atoms with Gasteiger partial charge in [-0.2, -0.15) is 0 Å². The highest BCUT2D eigenvalue weighted by Crippen LogP contribution is 2.44. The Bertz CT molecular complexity index is 1470. The summed E-state index contributed by atoms with van der Waals surface area (Å²) >= 11 is 0.967. The molecule has 1 unspecified atom stereocenters. The Labute approximate surface area is 238 Å². The molecule has 210 valence electrons. The molecule has 40 heavy (non-hydrogen) atoms. The average molecular weight is 563 g/mol. The number of methoxy groups -OCH3 is 1. The van der Waals surface area contributed by atoms with Gasteiger partial charge in [-0.15, -0.1) is 0 Å². The van der Waals surface area contributed by atoms with E-state index < -0.39 is 23.7 Å². The summed E-state index contributed by atoms with van der Waals surface area (Å²) in [6.07, 6.45) is 1.86. The van der Waals surface area contributed by atoms with E-state index in [2.05, 4.69) is 32.7 Å². The summed E-state index contributed by atoms with van der Waals surface area (Å²) < 4.78 is 10.7. The predicted octanol–water partition coefficient (Wildman–Crippen LogP) is 6.34. The van der Waals surface area contributed by atoms with E-state index in [1.54, 1.807) is 31.2 Å². The number of aliphatic hydroxyl groups excluding tert-OH is 1. The zero-order valence-corrected chi connectivity index (χ0v) is 24.4. The van der Waals surface area contributed by atoms with E-state index in [4.69, 9.17) is 9.47 Å². The number of Topliss-reactive ketones (excluding diaryl/α,β-unsaturated/α-hetero) is 1. The van der Waals surface area contributed by atoms with Crippen LogP contribution in [0, 0.1) is 6.92 Å². The second-order valence-corrected chi connectivity index (χ2v) is 11.7. The number of ether oxygens (including phenoxy) is 2. The number of rotatable bonds is 8. The van der Waals surface area contributed by atoms with Gasteiger partial charge in [-0.3, -0.25) is 14.5 Å². The fraction of sp³-hybridized carbons (Fsp3) is 0.355. The van der Waals surface area contributed by atoms with Gasteiger partial charge in [-0.05, 0) is 42.0 Å². The van der Waals surface area contributed by atoms with Gasteiger partial charge in [0.1, 0.15) is 16.4 Å². The van der Waals surface area contributed by atoms with Gasteiger partial charge in [0.05, 0.1) is 31.0 Å². The lowest BCUT2D eigenvalue weighted by molar-refractivity contribution is -0.132. The number of carbonyl (C=O) groups excluding carboxylic acids is 3. The summed E-state index contributed by atoms with van der Waals surface area (Å²) in [6, 6.07) is 13.5. The molecule has 8 nitrogen and oxygen atoms in total.